The molecule has 0 radical (unpaired) electrons. The van der Waals surface area contributed by atoms with Crippen LogP contribution in [0.25, 0.3) is 5.69 Å². The highest BCUT2D eigenvalue weighted by Gasteiger charge is 2.30. The third-order valence-electron chi connectivity index (χ3n) is 5.98. The molecule has 0 saturated heterocycles. The van der Waals surface area contributed by atoms with Crippen molar-refractivity contribution in [1.29, 1.82) is 0 Å². The standard InChI is InChI=1S/C26H28N2O7S/c1-16-13-22(17(2)28(16)20-8-10-21(33-3)11-9-20)23(29)15-35-26(30)18-5-12-24(34-4)25(14-18)36(31,32)27-19-6-7-19/h5,8-14,19,27H,6-7,15H2,1-4H3. The largest absolute Gasteiger partial charge is 0.497 e. The van der Waals surface area contributed by atoms with E-state index in [9.17, 15) is 18.0 Å². The van der Waals surface area contributed by atoms with Gasteiger partial charge in [-0.2, -0.15) is 0 Å². The molecule has 1 aliphatic rings. The lowest BCUT2D eigenvalue weighted by Crippen LogP contribution is -2.26. The molecule has 1 aliphatic carbocycles. The van der Waals surface area contributed by atoms with Gasteiger partial charge in [-0.3, -0.25) is 4.79 Å². The number of ether oxygens (including phenoxy) is 3. The highest BCUT2D eigenvalue weighted by Crippen LogP contribution is 2.29. The number of carbonyl (C=O) groups excluding carboxylic acids is 2. The zero-order chi connectivity index (χ0) is 26.0. The number of ketones is 1. The molecule has 9 nitrogen and oxygen atoms in total. The van der Waals surface area contributed by atoms with E-state index in [1.165, 1.54) is 25.3 Å². The minimum absolute atomic E-state index is 0.00322. The van der Waals surface area contributed by atoms with Crippen LogP contribution in [0.2, 0.25) is 0 Å². The number of Topliss-reactive ketones (excluding diaryl/α,β-unsaturated/α-hetero) is 1. The Morgan fingerprint density at radius 1 is 1.00 bits per heavy atom. The summed E-state index contributed by atoms with van der Waals surface area (Å²) in [6.07, 6.45) is 1.54. The fraction of sp³-hybridized carbons (Fsp3) is 0.308. The number of carbonyl (C=O) groups is 2. The molecule has 1 heterocycles. The van der Waals surface area contributed by atoms with E-state index < -0.39 is 22.6 Å². The third kappa shape index (κ3) is 5.29. The van der Waals surface area contributed by atoms with E-state index >= 15 is 0 Å². The Morgan fingerprint density at radius 2 is 1.69 bits per heavy atom. The summed E-state index contributed by atoms with van der Waals surface area (Å²) >= 11 is 0. The zero-order valence-corrected chi connectivity index (χ0v) is 21.3. The molecule has 4 rings (SSSR count). The summed E-state index contributed by atoms with van der Waals surface area (Å²) in [5.41, 5.74) is 2.86. The molecule has 1 fully saturated rings. The topological polar surface area (TPSA) is 113 Å². The molecule has 10 heteroatoms. The van der Waals surface area contributed by atoms with E-state index in [2.05, 4.69) is 4.72 Å². The number of sulfonamides is 1. The van der Waals surface area contributed by atoms with Crippen molar-refractivity contribution in [2.45, 2.75) is 37.6 Å². The molecule has 0 spiro atoms. The molecule has 0 aliphatic heterocycles. The number of benzene rings is 2. The Kier molecular flexibility index (Phi) is 7.18. The van der Waals surface area contributed by atoms with Gasteiger partial charge in [-0.25, -0.2) is 17.9 Å². The van der Waals surface area contributed by atoms with Gasteiger partial charge in [0.15, 0.2) is 6.61 Å². The molecule has 0 atom stereocenters. The van der Waals surface area contributed by atoms with Gasteiger partial charge >= 0.3 is 5.97 Å². The predicted octanol–water partition coefficient (Wildman–Crippen LogP) is 3.59. The van der Waals surface area contributed by atoms with Gasteiger partial charge in [0, 0.05) is 28.7 Å². The molecule has 3 aromatic rings. The molecule has 1 N–H and O–H groups in total. The summed E-state index contributed by atoms with van der Waals surface area (Å²) in [5.74, 6) is -0.338. The number of methoxy groups -OCH3 is 2. The second-order valence-corrected chi connectivity index (χ2v) is 10.3. The van der Waals surface area contributed by atoms with Crippen LogP contribution in [-0.4, -0.2) is 51.6 Å². The van der Waals surface area contributed by atoms with Crippen molar-refractivity contribution in [1.82, 2.24) is 9.29 Å². The first kappa shape index (κ1) is 25.5. The SMILES string of the molecule is COc1ccc(-n2c(C)cc(C(=O)COC(=O)c3ccc(OC)c(S(=O)(=O)NC4CC4)c3)c2C)cc1. The van der Waals surface area contributed by atoms with Crippen LogP contribution in [0.5, 0.6) is 11.5 Å². The number of nitrogens with one attached hydrogen (secondary N) is 1. The van der Waals surface area contributed by atoms with Crippen LogP contribution < -0.4 is 14.2 Å². The lowest BCUT2D eigenvalue weighted by Gasteiger charge is -2.12. The minimum Gasteiger partial charge on any atom is -0.497 e. The van der Waals surface area contributed by atoms with Gasteiger partial charge in [0.05, 0.1) is 19.8 Å². The molecule has 0 amide bonds. The fourth-order valence-electron chi connectivity index (χ4n) is 3.96. The van der Waals surface area contributed by atoms with E-state index in [4.69, 9.17) is 14.2 Å². The Bertz CT molecular complexity index is 1400. The molecule has 190 valence electrons. The molecule has 0 unspecified atom stereocenters. The van der Waals surface area contributed by atoms with Crippen LogP contribution in [0, 0.1) is 13.8 Å². The fourth-order valence-corrected chi connectivity index (χ4v) is 5.46. The van der Waals surface area contributed by atoms with Gasteiger partial charge < -0.3 is 18.8 Å². The predicted molar refractivity (Wildman–Crippen MR) is 133 cm³/mol. The van der Waals surface area contributed by atoms with Gasteiger partial charge in [0.25, 0.3) is 0 Å². The van der Waals surface area contributed by atoms with Crippen molar-refractivity contribution >= 4 is 21.8 Å². The number of rotatable bonds is 10. The van der Waals surface area contributed by atoms with Gasteiger partial charge in [0.2, 0.25) is 15.8 Å². The first-order chi connectivity index (χ1) is 17.1. The first-order valence-electron chi connectivity index (χ1n) is 11.4. The quantitative estimate of drug-likeness (QED) is 0.326. The maximum absolute atomic E-state index is 12.9. The van der Waals surface area contributed by atoms with Crippen molar-refractivity contribution in [3.8, 4) is 17.2 Å². The zero-order valence-electron chi connectivity index (χ0n) is 20.5. The number of nitrogens with zero attached hydrogens (tertiary/aromatic N) is 1. The highest BCUT2D eigenvalue weighted by atomic mass is 32.2. The Morgan fingerprint density at radius 3 is 2.31 bits per heavy atom. The molecule has 36 heavy (non-hydrogen) atoms. The number of hydrogen-bond donors (Lipinski definition) is 1. The van der Waals surface area contributed by atoms with Gasteiger partial charge in [-0.1, -0.05) is 0 Å². The molecule has 0 bridgehead atoms. The van der Waals surface area contributed by atoms with E-state index in [1.54, 1.807) is 13.2 Å². The Labute approximate surface area is 210 Å². The average Bonchev–Trinajstić information content (AvgIpc) is 3.63. The van der Waals surface area contributed by atoms with E-state index in [1.807, 2.05) is 42.7 Å². The highest BCUT2D eigenvalue weighted by molar-refractivity contribution is 7.89. The summed E-state index contributed by atoms with van der Waals surface area (Å²) in [6, 6.07) is 13.1. The second kappa shape index (κ2) is 10.2. The van der Waals surface area contributed by atoms with Crippen LogP contribution >= 0.6 is 0 Å². The van der Waals surface area contributed by atoms with E-state index in [0.717, 1.165) is 30.0 Å². The van der Waals surface area contributed by atoms with E-state index in [-0.39, 0.29) is 28.0 Å². The maximum atomic E-state index is 12.9. The monoisotopic (exact) mass is 512 g/mol. The lowest BCUT2D eigenvalue weighted by molar-refractivity contribution is 0.0474. The Hall–Kier alpha value is -3.63. The lowest BCUT2D eigenvalue weighted by atomic mass is 10.1. The molecular formula is C26H28N2O7S. The van der Waals surface area contributed by atoms with Crippen LogP contribution in [0.15, 0.2) is 53.4 Å². The summed E-state index contributed by atoms with van der Waals surface area (Å²) in [7, 11) is -0.924. The molecule has 1 saturated carbocycles. The van der Waals surface area contributed by atoms with Crippen molar-refractivity contribution in [2.24, 2.45) is 0 Å². The second-order valence-electron chi connectivity index (χ2n) is 8.58. The van der Waals surface area contributed by atoms with Crippen LogP contribution in [-0.2, 0) is 14.8 Å². The summed E-state index contributed by atoms with van der Waals surface area (Å²) in [5, 5.41) is 0. The normalized spacial score (nSPS) is 13.3. The van der Waals surface area contributed by atoms with Gasteiger partial charge in [0.1, 0.15) is 16.4 Å². The van der Waals surface area contributed by atoms with Crippen molar-refractivity contribution in [3.63, 3.8) is 0 Å². The smallest absolute Gasteiger partial charge is 0.338 e. The van der Waals surface area contributed by atoms with Crippen molar-refractivity contribution in [2.75, 3.05) is 20.8 Å². The van der Waals surface area contributed by atoms with Crippen molar-refractivity contribution in [3.05, 3.63) is 71.0 Å². The third-order valence-corrected chi connectivity index (χ3v) is 7.53. The average molecular weight is 513 g/mol. The Balaban J connectivity index is 1.49. The maximum Gasteiger partial charge on any atom is 0.338 e. The summed E-state index contributed by atoms with van der Waals surface area (Å²) in [6.45, 7) is 3.22. The summed E-state index contributed by atoms with van der Waals surface area (Å²) in [4.78, 5) is 25.5. The number of aromatic nitrogens is 1. The van der Waals surface area contributed by atoms with Crippen LogP contribution in [0.3, 0.4) is 0 Å². The molecular weight excluding hydrogens is 484 g/mol. The molecule has 1 aromatic heterocycles. The minimum atomic E-state index is -3.87. The van der Waals surface area contributed by atoms with E-state index in [0.29, 0.717) is 11.3 Å². The molecule has 2 aromatic carbocycles. The van der Waals surface area contributed by atoms with Crippen LogP contribution in [0.1, 0.15) is 44.9 Å². The van der Waals surface area contributed by atoms with Crippen molar-refractivity contribution < 1.29 is 32.2 Å². The first-order valence-corrected chi connectivity index (χ1v) is 12.9. The number of aryl methyl sites for hydroxylation is 1. The van der Waals surface area contributed by atoms with Crippen LogP contribution in [0.4, 0.5) is 0 Å². The van der Waals surface area contributed by atoms with Gasteiger partial charge in [-0.15, -0.1) is 0 Å². The summed E-state index contributed by atoms with van der Waals surface area (Å²) < 4.78 is 45.5. The number of hydrogen-bond acceptors (Lipinski definition) is 7. The van der Waals surface area contributed by atoms with Gasteiger partial charge in [-0.05, 0) is 75.2 Å². The number of esters is 1.